The van der Waals surface area contributed by atoms with Gasteiger partial charge in [-0.05, 0) is 49.1 Å². The summed E-state index contributed by atoms with van der Waals surface area (Å²) >= 11 is 1.79. The van der Waals surface area contributed by atoms with Gasteiger partial charge in [0.05, 0.1) is 5.60 Å². The van der Waals surface area contributed by atoms with E-state index in [2.05, 4.69) is 48.4 Å². The molecule has 3 heteroatoms. The van der Waals surface area contributed by atoms with Crippen LogP contribution in [0.4, 0.5) is 0 Å². The maximum atomic E-state index is 10.9. The van der Waals surface area contributed by atoms with Crippen molar-refractivity contribution >= 4 is 21.4 Å². The van der Waals surface area contributed by atoms with Gasteiger partial charge in [0.2, 0.25) is 0 Å². The van der Waals surface area contributed by atoms with E-state index in [0.717, 1.165) is 32.4 Å². The Morgan fingerprint density at radius 2 is 1.95 bits per heavy atom. The van der Waals surface area contributed by atoms with E-state index in [1.807, 2.05) is 0 Å². The minimum atomic E-state index is -0.519. The van der Waals surface area contributed by atoms with Crippen LogP contribution < -0.4 is 0 Å². The highest BCUT2D eigenvalue weighted by molar-refractivity contribution is 7.17. The lowest BCUT2D eigenvalue weighted by Crippen LogP contribution is -2.47. The van der Waals surface area contributed by atoms with Crippen molar-refractivity contribution in [2.24, 2.45) is 0 Å². The largest absolute Gasteiger partial charge is 0.389 e. The smallest absolute Gasteiger partial charge is 0.0712 e. The molecule has 1 aromatic carbocycles. The fraction of sp³-hybridized carbons (Fsp3) is 0.529. The van der Waals surface area contributed by atoms with Gasteiger partial charge in [0.1, 0.15) is 0 Å². The van der Waals surface area contributed by atoms with Gasteiger partial charge in [-0.2, -0.15) is 0 Å². The molecule has 3 rings (SSSR count). The van der Waals surface area contributed by atoms with Crippen LogP contribution in [0, 0.1) is 0 Å². The van der Waals surface area contributed by atoms with Crippen LogP contribution in [0.15, 0.2) is 29.6 Å². The average molecular weight is 289 g/mol. The summed E-state index contributed by atoms with van der Waals surface area (Å²) in [5.41, 5.74) is 0.793. The first kappa shape index (κ1) is 14.1. The van der Waals surface area contributed by atoms with Crippen LogP contribution in [-0.2, 0) is 6.42 Å². The molecule has 2 nitrogen and oxygen atoms in total. The molecule has 0 spiro atoms. The zero-order valence-electron chi connectivity index (χ0n) is 12.3. The Kier molecular flexibility index (Phi) is 3.85. The monoisotopic (exact) mass is 289 g/mol. The summed E-state index contributed by atoms with van der Waals surface area (Å²) in [4.78, 5) is 2.46. The molecule has 0 radical (unpaired) electrons. The second-order valence-electron chi connectivity index (χ2n) is 6.29. The fourth-order valence-corrected chi connectivity index (χ4v) is 4.12. The third-order valence-corrected chi connectivity index (χ3v) is 5.55. The molecule has 2 aromatic rings. The van der Waals surface area contributed by atoms with E-state index in [1.165, 1.54) is 15.6 Å². The number of piperidine rings is 1. The SMILES string of the molecule is CC(C)N1CCC(O)(Cc2csc3ccccc23)CC1. The highest BCUT2D eigenvalue weighted by Gasteiger charge is 2.33. The molecule has 2 heterocycles. The number of fused-ring (bicyclic) bond motifs is 1. The van der Waals surface area contributed by atoms with Gasteiger partial charge < -0.3 is 10.0 Å². The number of likely N-dealkylation sites (tertiary alicyclic amines) is 1. The lowest BCUT2D eigenvalue weighted by atomic mass is 9.85. The number of nitrogens with zero attached hydrogens (tertiary/aromatic N) is 1. The minimum Gasteiger partial charge on any atom is -0.389 e. The molecule has 0 unspecified atom stereocenters. The molecule has 108 valence electrons. The van der Waals surface area contributed by atoms with Gasteiger partial charge in [0.15, 0.2) is 0 Å². The summed E-state index contributed by atoms with van der Waals surface area (Å²) in [5, 5.41) is 14.4. The van der Waals surface area contributed by atoms with Crippen molar-refractivity contribution in [3.63, 3.8) is 0 Å². The van der Waals surface area contributed by atoms with Crippen LogP contribution in [0.5, 0.6) is 0 Å². The number of hydrogen-bond acceptors (Lipinski definition) is 3. The summed E-state index contributed by atoms with van der Waals surface area (Å²) in [6.07, 6.45) is 2.56. The lowest BCUT2D eigenvalue weighted by molar-refractivity contribution is -0.0268. The zero-order chi connectivity index (χ0) is 14.2. The molecule has 0 bridgehead atoms. The van der Waals surface area contributed by atoms with E-state index in [0.29, 0.717) is 6.04 Å². The molecular formula is C17H23NOS. The third-order valence-electron chi connectivity index (χ3n) is 4.54. The van der Waals surface area contributed by atoms with Crippen LogP contribution >= 0.6 is 11.3 Å². The minimum absolute atomic E-state index is 0.519. The molecule has 1 fully saturated rings. The highest BCUT2D eigenvalue weighted by Crippen LogP contribution is 2.32. The lowest BCUT2D eigenvalue weighted by Gasteiger charge is -2.40. The number of rotatable bonds is 3. The van der Waals surface area contributed by atoms with Crippen LogP contribution in [0.2, 0.25) is 0 Å². The topological polar surface area (TPSA) is 23.5 Å². The van der Waals surface area contributed by atoms with Crippen molar-refractivity contribution in [3.05, 3.63) is 35.2 Å². The normalized spacial score (nSPS) is 19.8. The van der Waals surface area contributed by atoms with E-state index in [9.17, 15) is 5.11 Å². The van der Waals surface area contributed by atoms with Gasteiger partial charge in [-0.25, -0.2) is 0 Å². The Morgan fingerprint density at radius 1 is 1.25 bits per heavy atom. The van der Waals surface area contributed by atoms with Crippen molar-refractivity contribution in [1.29, 1.82) is 0 Å². The predicted molar refractivity (Wildman–Crippen MR) is 86.4 cm³/mol. The summed E-state index contributed by atoms with van der Waals surface area (Å²) in [5.74, 6) is 0. The van der Waals surface area contributed by atoms with Crippen molar-refractivity contribution in [1.82, 2.24) is 4.90 Å². The molecule has 0 saturated carbocycles. The second kappa shape index (κ2) is 5.47. The molecule has 1 N–H and O–H groups in total. The summed E-state index contributed by atoms with van der Waals surface area (Å²) < 4.78 is 1.32. The second-order valence-corrected chi connectivity index (χ2v) is 7.20. The van der Waals surface area contributed by atoms with Gasteiger partial charge in [0.25, 0.3) is 0 Å². The highest BCUT2D eigenvalue weighted by atomic mass is 32.1. The zero-order valence-corrected chi connectivity index (χ0v) is 13.1. The van der Waals surface area contributed by atoms with Crippen LogP contribution in [0.1, 0.15) is 32.3 Å². The first-order valence-electron chi connectivity index (χ1n) is 7.49. The van der Waals surface area contributed by atoms with Crippen molar-refractivity contribution in [2.45, 2.75) is 44.8 Å². The number of thiophene rings is 1. The Morgan fingerprint density at radius 3 is 2.65 bits per heavy atom. The van der Waals surface area contributed by atoms with Crippen LogP contribution in [-0.4, -0.2) is 34.7 Å². The van der Waals surface area contributed by atoms with Gasteiger partial charge in [-0.1, -0.05) is 18.2 Å². The first-order valence-corrected chi connectivity index (χ1v) is 8.37. The third kappa shape index (κ3) is 2.76. The fourth-order valence-electron chi connectivity index (χ4n) is 3.16. The standard InChI is InChI=1S/C17H23NOS/c1-13(2)18-9-7-17(19,8-10-18)11-14-12-20-16-6-4-3-5-15(14)16/h3-6,12-13,19H,7-11H2,1-2H3. The molecule has 1 aliphatic heterocycles. The Hall–Kier alpha value is -0.900. The number of hydrogen-bond donors (Lipinski definition) is 1. The molecule has 1 saturated heterocycles. The summed E-state index contributed by atoms with van der Waals surface area (Å²) in [6.45, 7) is 6.49. The molecule has 0 aliphatic carbocycles. The van der Waals surface area contributed by atoms with Gasteiger partial charge in [0, 0.05) is 30.3 Å². The number of aliphatic hydroxyl groups is 1. The molecule has 0 amide bonds. The van der Waals surface area contributed by atoms with E-state index in [4.69, 9.17) is 0 Å². The maximum Gasteiger partial charge on any atom is 0.0712 e. The van der Waals surface area contributed by atoms with E-state index < -0.39 is 5.60 Å². The quantitative estimate of drug-likeness (QED) is 0.931. The van der Waals surface area contributed by atoms with Gasteiger partial charge in [-0.3, -0.25) is 0 Å². The summed E-state index contributed by atoms with van der Waals surface area (Å²) in [6, 6.07) is 9.09. The molecule has 0 atom stereocenters. The van der Waals surface area contributed by atoms with Gasteiger partial charge in [-0.15, -0.1) is 11.3 Å². The van der Waals surface area contributed by atoms with E-state index >= 15 is 0 Å². The molecule has 1 aliphatic rings. The van der Waals surface area contributed by atoms with Crippen LogP contribution in [0.3, 0.4) is 0 Å². The Labute approximate surface area is 125 Å². The van der Waals surface area contributed by atoms with Crippen molar-refractivity contribution in [2.75, 3.05) is 13.1 Å². The van der Waals surface area contributed by atoms with Crippen molar-refractivity contribution < 1.29 is 5.11 Å². The van der Waals surface area contributed by atoms with E-state index in [1.54, 1.807) is 11.3 Å². The maximum absolute atomic E-state index is 10.9. The Balaban J connectivity index is 1.74. The van der Waals surface area contributed by atoms with Crippen molar-refractivity contribution in [3.8, 4) is 0 Å². The number of benzene rings is 1. The summed E-state index contributed by atoms with van der Waals surface area (Å²) in [7, 11) is 0. The predicted octanol–water partition coefficient (Wildman–Crippen LogP) is 3.68. The van der Waals surface area contributed by atoms with E-state index in [-0.39, 0.29) is 0 Å². The molecule has 1 aromatic heterocycles. The van der Waals surface area contributed by atoms with Crippen LogP contribution in [0.25, 0.3) is 10.1 Å². The first-order chi connectivity index (χ1) is 9.57. The molecule has 20 heavy (non-hydrogen) atoms. The van der Waals surface area contributed by atoms with Gasteiger partial charge >= 0.3 is 0 Å². The average Bonchev–Trinajstić information content (AvgIpc) is 2.82. The Bertz CT molecular complexity index is 581. The molecular weight excluding hydrogens is 266 g/mol.